The highest BCUT2D eigenvalue weighted by molar-refractivity contribution is 5.97. The van der Waals surface area contributed by atoms with Crippen molar-refractivity contribution >= 4 is 35.6 Å². The Labute approximate surface area is 206 Å². The van der Waals surface area contributed by atoms with Crippen LogP contribution in [0, 0.1) is 0 Å². The van der Waals surface area contributed by atoms with E-state index >= 15 is 0 Å². The van der Waals surface area contributed by atoms with Crippen molar-refractivity contribution in [2.75, 3.05) is 17.7 Å². The zero-order valence-electron chi connectivity index (χ0n) is 21.5. The molecule has 1 aromatic rings. The van der Waals surface area contributed by atoms with Gasteiger partial charge in [-0.3, -0.25) is 19.2 Å². The van der Waals surface area contributed by atoms with E-state index in [1.807, 2.05) is 0 Å². The summed E-state index contributed by atoms with van der Waals surface area (Å²) in [6.07, 6.45) is 0.788. The lowest BCUT2D eigenvalue weighted by Crippen LogP contribution is -2.50. The third-order valence-electron chi connectivity index (χ3n) is 4.95. The number of nitrogens with two attached hydrogens (primary N) is 1. The lowest BCUT2D eigenvalue weighted by Gasteiger charge is -2.35. The highest BCUT2D eigenvalue weighted by Crippen LogP contribution is 2.27. The lowest BCUT2D eigenvalue weighted by atomic mass is 9.84. The number of amides is 2. The molecule has 2 amide bonds. The number of rotatable bonds is 12. The summed E-state index contributed by atoms with van der Waals surface area (Å²) in [6, 6.07) is 4.39. The molecular formula is C25H39N3O7. The lowest BCUT2D eigenvalue weighted by molar-refractivity contribution is -0.155. The first kappa shape index (κ1) is 29.9. The number of hydrogen-bond donors (Lipinski definition) is 4. The molecule has 0 unspecified atom stereocenters. The van der Waals surface area contributed by atoms with E-state index in [1.54, 1.807) is 41.5 Å². The Kier molecular flexibility index (Phi) is 10.7. The molecule has 0 spiro atoms. The first-order valence-corrected chi connectivity index (χ1v) is 11.6. The number of anilines is 2. The van der Waals surface area contributed by atoms with E-state index in [0.29, 0.717) is 12.1 Å². The molecule has 0 aliphatic heterocycles. The number of carbonyl (C=O) groups is 4. The third kappa shape index (κ3) is 11.2. The van der Waals surface area contributed by atoms with Crippen LogP contribution in [0.3, 0.4) is 0 Å². The molecule has 0 fully saturated rings. The fourth-order valence-electron chi connectivity index (χ4n) is 3.46. The molecular weight excluding hydrogens is 454 g/mol. The van der Waals surface area contributed by atoms with Gasteiger partial charge in [0, 0.05) is 30.6 Å². The number of benzene rings is 1. The van der Waals surface area contributed by atoms with Crippen LogP contribution in [0.2, 0.25) is 0 Å². The van der Waals surface area contributed by atoms with E-state index in [0.717, 1.165) is 0 Å². The third-order valence-corrected chi connectivity index (χ3v) is 4.95. The van der Waals surface area contributed by atoms with Crippen LogP contribution in [0.5, 0.6) is 0 Å². The molecule has 1 aromatic carbocycles. The summed E-state index contributed by atoms with van der Waals surface area (Å²) in [7, 11) is 0. The topological polar surface area (TPSA) is 157 Å². The molecule has 10 heteroatoms. The van der Waals surface area contributed by atoms with Crippen molar-refractivity contribution in [3.8, 4) is 0 Å². The molecule has 5 N–H and O–H groups in total. The van der Waals surface area contributed by atoms with E-state index in [4.69, 9.17) is 15.2 Å². The van der Waals surface area contributed by atoms with E-state index in [2.05, 4.69) is 10.6 Å². The number of nitrogens with one attached hydrogen (secondary N) is 2. The molecule has 0 saturated carbocycles. The first-order valence-electron chi connectivity index (χ1n) is 11.6. The zero-order valence-corrected chi connectivity index (χ0v) is 21.5. The monoisotopic (exact) mass is 493 g/mol. The number of hydrogen-bond acceptors (Lipinski definition) is 8. The SMILES string of the molecule is CC(C)(C)OC(=O)CCC(CCO)(CCC(=O)OC(C)(C)C)NC(=O)c1ccc(NC=O)c(N)c1. The second kappa shape index (κ2) is 12.5. The fourth-order valence-corrected chi connectivity index (χ4v) is 3.46. The first-order chi connectivity index (χ1) is 16.1. The smallest absolute Gasteiger partial charge is 0.306 e. The molecule has 0 heterocycles. The van der Waals surface area contributed by atoms with Crippen molar-refractivity contribution in [2.45, 2.75) is 90.4 Å². The Morgan fingerprint density at radius 3 is 1.86 bits per heavy atom. The number of ether oxygens (including phenoxy) is 2. The summed E-state index contributed by atoms with van der Waals surface area (Å²) in [5.74, 6) is -1.42. The summed E-state index contributed by atoms with van der Waals surface area (Å²) >= 11 is 0. The number of esters is 2. The van der Waals surface area contributed by atoms with E-state index in [-0.39, 0.29) is 50.0 Å². The Hall–Kier alpha value is -3.14. The van der Waals surface area contributed by atoms with Gasteiger partial charge < -0.3 is 30.9 Å². The predicted octanol–water partition coefficient (Wildman–Crippen LogP) is 2.93. The maximum Gasteiger partial charge on any atom is 0.306 e. The van der Waals surface area contributed by atoms with Crippen molar-refractivity contribution in [1.82, 2.24) is 5.32 Å². The van der Waals surface area contributed by atoms with Gasteiger partial charge in [-0.1, -0.05) is 0 Å². The Balaban J connectivity index is 3.16. The minimum Gasteiger partial charge on any atom is -0.460 e. The minimum atomic E-state index is -1.09. The molecule has 0 aliphatic rings. The Bertz CT molecular complexity index is 869. The van der Waals surface area contributed by atoms with Gasteiger partial charge in [-0.15, -0.1) is 0 Å². The summed E-state index contributed by atoms with van der Waals surface area (Å²) in [5, 5.41) is 15.1. The van der Waals surface area contributed by atoms with Crippen LogP contribution in [0.15, 0.2) is 18.2 Å². The maximum atomic E-state index is 13.1. The molecule has 0 aliphatic carbocycles. The van der Waals surface area contributed by atoms with Crippen molar-refractivity contribution in [2.24, 2.45) is 0 Å². The molecule has 0 saturated heterocycles. The predicted molar refractivity (Wildman–Crippen MR) is 133 cm³/mol. The summed E-state index contributed by atoms with van der Waals surface area (Å²) in [6.45, 7) is 10.2. The van der Waals surface area contributed by atoms with Crippen LogP contribution in [0.1, 0.15) is 84.0 Å². The zero-order chi connectivity index (χ0) is 26.9. The van der Waals surface area contributed by atoms with Crippen molar-refractivity contribution in [1.29, 1.82) is 0 Å². The van der Waals surface area contributed by atoms with Crippen molar-refractivity contribution in [3.63, 3.8) is 0 Å². The highest BCUT2D eigenvalue weighted by atomic mass is 16.6. The largest absolute Gasteiger partial charge is 0.460 e. The van der Waals surface area contributed by atoms with Crippen molar-refractivity contribution in [3.05, 3.63) is 23.8 Å². The van der Waals surface area contributed by atoms with Gasteiger partial charge in [0.05, 0.1) is 11.4 Å². The minimum absolute atomic E-state index is 0.0315. The average molecular weight is 494 g/mol. The molecule has 196 valence electrons. The number of aliphatic hydroxyl groups excluding tert-OH is 1. The molecule has 1 rings (SSSR count). The van der Waals surface area contributed by atoms with Gasteiger partial charge in [0.1, 0.15) is 11.2 Å². The van der Waals surface area contributed by atoms with Gasteiger partial charge in [0.15, 0.2) is 0 Å². The van der Waals surface area contributed by atoms with E-state index in [9.17, 15) is 24.3 Å². The van der Waals surface area contributed by atoms with Gasteiger partial charge in [-0.2, -0.15) is 0 Å². The Morgan fingerprint density at radius 1 is 0.943 bits per heavy atom. The quantitative estimate of drug-likeness (QED) is 0.197. The molecule has 0 aromatic heterocycles. The number of aliphatic hydroxyl groups is 1. The van der Waals surface area contributed by atoms with Crippen LogP contribution in [0.4, 0.5) is 11.4 Å². The van der Waals surface area contributed by atoms with Gasteiger partial charge in [0.2, 0.25) is 6.41 Å². The standard InChI is InChI=1S/C25H39N3O7/c1-23(2,3)34-20(31)9-11-25(13-14-29,12-10-21(32)35-24(4,5)6)28-22(33)17-7-8-19(27-16-30)18(26)15-17/h7-8,15-16,29H,9-14,26H2,1-6H3,(H,27,30)(H,28,33). The average Bonchev–Trinajstić information content (AvgIpc) is 2.70. The maximum absolute atomic E-state index is 13.1. The molecule has 35 heavy (non-hydrogen) atoms. The molecule has 0 atom stereocenters. The van der Waals surface area contributed by atoms with Crippen LogP contribution in [-0.4, -0.2) is 52.7 Å². The highest BCUT2D eigenvalue weighted by Gasteiger charge is 2.34. The van der Waals surface area contributed by atoms with E-state index < -0.39 is 34.6 Å². The summed E-state index contributed by atoms with van der Waals surface area (Å²) in [5.41, 5.74) is 4.25. The fraction of sp³-hybridized carbons (Fsp3) is 0.600. The molecule has 0 bridgehead atoms. The van der Waals surface area contributed by atoms with Crippen LogP contribution in [-0.2, 0) is 23.9 Å². The van der Waals surface area contributed by atoms with Crippen LogP contribution < -0.4 is 16.4 Å². The second-order valence-electron chi connectivity index (χ2n) is 10.4. The number of nitrogen functional groups attached to an aromatic ring is 1. The second-order valence-corrected chi connectivity index (χ2v) is 10.4. The summed E-state index contributed by atoms with van der Waals surface area (Å²) in [4.78, 5) is 48.6. The van der Waals surface area contributed by atoms with Gasteiger partial charge in [-0.05, 0) is 79.0 Å². The van der Waals surface area contributed by atoms with Crippen molar-refractivity contribution < 1.29 is 33.8 Å². The van der Waals surface area contributed by atoms with Gasteiger partial charge in [-0.25, -0.2) is 0 Å². The Morgan fingerprint density at radius 2 is 1.46 bits per heavy atom. The van der Waals surface area contributed by atoms with Crippen LogP contribution in [0.25, 0.3) is 0 Å². The van der Waals surface area contributed by atoms with Crippen LogP contribution >= 0.6 is 0 Å². The van der Waals surface area contributed by atoms with E-state index in [1.165, 1.54) is 18.2 Å². The van der Waals surface area contributed by atoms with Gasteiger partial charge >= 0.3 is 11.9 Å². The van der Waals surface area contributed by atoms with Gasteiger partial charge in [0.25, 0.3) is 5.91 Å². The summed E-state index contributed by atoms with van der Waals surface area (Å²) < 4.78 is 10.8. The molecule has 10 nitrogen and oxygen atoms in total. The normalized spacial score (nSPS) is 12.0. The molecule has 0 radical (unpaired) electrons. The number of carbonyl (C=O) groups excluding carboxylic acids is 4.